The molecule has 3 aromatic rings. The van der Waals surface area contributed by atoms with Crippen molar-refractivity contribution in [1.29, 1.82) is 0 Å². The quantitative estimate of drug-likeness (QED) is 0.186. The third-order valence-electron chi connectivity index (χ3n) is 12.9. The Bertz CT molecular complexity index is 2070. The number of aromatic nitrogens is 1. The van der Waals surface area contributed by atoms with Gasteiger partial charge in [0.2, 0.25) is 11.8 Å². The minimum absolute atomic E-state index is 0.0134. The van der Waals surface area contributed by atoms with Gasteiger partial charge < -0.3 is 28.6 Å². The van der Waals surface area contributed by atoms with Crippen LogP contribution in [0.1, 0.15) is 91.6 Å². The summed E-state index contributed by atoms with van der Waals surface area (Å²) >= 11 is 0. The van der Waals surface area contributed by atoms with Gasteiger partial charge >= 0.3 is 12.2 Å². The number of hydrogen-bond acceptors (Lipinski definition) is 9. The lowest BCUT2D eigenvalue weighted by Gasteiger charge is -2.48. The Kier molecular flexibility index (Phi) is 13.9. The summed E-state index contributed by atoms with van der Waals surface area (Å²) in [6.07, 6.45) is -0.237. The minimum atomic E-state index is -2.32. The monoisotopic (exact) mass is 873 g/mol. The lowest BCUT2D eigenvalue weighted by Crippen LogP contribution is -2.65. The highest BCUT2D eigenvalue weighted by Gasteiger charge is 2.45. The third kappa shape index (κ3) is 11.2. The van der Waals surface area contributed by atoms with E-state index in [-0.39, 0.29) is 60.2 Å². The zero-order valence-electron chi connectivity index (χ0n) is 39.1. The van der Waals surface area contributed by atoms with E-state index in [1.807, 2.05) is 62.9 Å². The molecular formula is C48H69FN6O6Si. The summed E-state index contributed by atoms with van der Waals surface area (Å²) in [5.41, 5.74) is 3.18. The van der Waals surface area contributed by atoms with Gasteiger partial charge in [0, 0.05) is 81.3 Å². The maximum absolute atomic E-state index is 14.8. The number of carbonyl (C=O) groups excluding carboxylic acids is 3. The van der Waals surface area contributed by atoms with Gasteiger partial charge in [0.25, 0.3) is 8.32 Å². The molecule has 62 heavy (non-hydrogen) atoms. The molecule has 2 fully saturated rings. The van der Waals surface area contributed by atoms with E-state index in [2.05, 4.69) is 70.5 Å². The van der Waals surface area contributed by atoms with Gasteiger partial charge in [0.05, 0.1) is 17.9 Å². The van der Waals surface area contributed by atoms with Crippen LogP contribution in [0.2, 0.25) is 18.1 Å². The van der Waals surface area contributed by atoms with Crippen molar-refractivity contribution in [3.63, 3.8) is 0 Å². The number of pyridine rings is 1. The van der Waals surface area contributed by atoms with Crippen molar-refractivity contribution in [2.24, 2.45) is 0 Å². The summed E-state index contributed by atoms with van der Waals surface area (Å²) in [4.78, 5) is 56.8. The smallest absolute Gasteiger partial charge is 0.410 e. The first-order chi connectivity index (χ1) is 28.9. The Labute approximate surface area is 369 Å². The highest BCUT2D eigenvalue weighted by Crippen LogP contribution is 2.44. The third-order valence-corrected chi connectivity index (χ3v) is 17.2. The second kappa shape index (κ2) is 18.3. The molecular weight excluding hydrogens is 804 g/mol. The second-order valence-electron chi connectivity index (χ2n) is 20.7. The molecule has 2 aromatic carbocycles. The van der Waals surface area contributed by atoms with Crippen LogP contribution in [0.4, 0.5) is 19.7 Å². The number of benzene rings is 2. The van der Waals surface area contributed by atoms with E-state index in [1.54, 1.807) is 21.9 Å². The Hall–Kier alpha value is -4.53. The Morgan fingerprint density at radius 1 is 0.855 bits per heavy atom. The summed E-state index contributed by atoms with van der Waals surface area (Å²) in [5, 5.41) is -0.0702. The van der Waals surface area contributed by atoms with Crippen molar-refractivity contribution in [1.82, 2.24) is 24.6 Å². The second-order valence-corrected chi connectivity index (χ2v) is 25.5. The van der Waals surface area contributed by atoms with Gasteiger partial charge in [-0.1, -0.05) is 77.1 Å². The van der Waals surface area contributed by atoms with Gasteiger partial charge in [0.1, 0.15) is 18.0 Å². The predicted molar refractivity (Wildman–Crippen MR) is 244 cm³/mol. The molecule has 0 radical (unpaired) electrons. The van der Waals surface area contributed by atoms with Crippen LogP contribution < -0.4 is 9.33 Å². The van der Waals surface area contributed by atoms with Crippen molar-refractivity contribution in [3.05, 3.63) is 88.9 Å². The van der Waals surface area contributed by atoms with Crippen LogP contribution in [-0.4, -0.2) is 127 Å². The molecule has 4 heterocycles. The first-order valence-corrected chi connectivity index (χ1v) is 25.0. The molecule has 14 heteroatoms. The van der Waals surface area contributed by atoms with E-state index in [0.29, 0.717) is 58.1 Å². The first kappa shape index (κ1) is 47.0. The number of rotatable bonds is 10. The van der Waals surface area contributed by atoms with Gasteiger partial charge in [-0.25, -0.2) is 19.0 Å². The van der Waals surface area contributed by atoms with E-state index in [4.69, 9.17) is 18.9 Å². The summed E-state index contributed by atoms with van der Waals surface area (Å²) in [7, 11) is -2.32. The lowest BCUT2D eigenvalue weighted by atomic mass is 9.91. The molecule has 0 spiro atoms. The van der Waals surface area contributed by atoms with E-state index in [9.17, 15) is 18.8 Å². The fourth-order valence-corrected chi connectivity index (χ4v) is 9.23. The van der Waals surface area contributed by atoms with Crippen molar-refractivity contribution >= 4 is 32.1 Å². The molecule has 6 rings (SSSR count). The first-order valence-electron chi connectivity index (χ1n) is 22.1. The standard InChI is InChI=1S/C48H69FN6O6Si/c1-33-26-52(44(57)59-31-36-16-14-13-15-17-36)23-22-51(33)28-39-29-54(45(58)60-46(3,4)5)34(2)27-53(39)30-41(56)55-32-48(9,10)42-40(55)25-37(24-35-18-20-38(49)21-19-35)43(50-42)61-62(11,12)47(6,7)8/h13-21,25,33-34,39H,22-24,26-32H2,1-12H3/t33-,34-,39+/m1/s1. The number of halogens is 1. The maximum atomic E-state index is 14.8. The molecule has 3 aliphatic heterocycles. The molecule has 0 aliphatic carbocycles. The molecule has 0 N–H and O–H groups in total. The van der Waals surface area contributed by atoms with Crippen molar-refractivity contribution in [2.45, 2.75) is 130 Å². The van der Waals surface area contributed by atoms with E-state index < -0.39 is 19.3 Å². The predicted octanol–water partition coefficient (Wildman–Crippen LogP) is 8.47. The van der Waals surface area contributed by atoms with Gasteiger partial charge in [-0.2, -0.15) is 0 Å². The van der Waals surface area contributed by atoms with Gasteiger partial charge in [-0.3, -0.25) is 14.6 Å². The molecule has 0 unspecified atom stereocenters. The fourth-order valence-electron chi connectivity index (χ4n) is 8.26. The van der Waals surface area contributed by atoms with Crippen molar-refractivity contribution in [2.75, 3.05) is 57.3 Å². The van der Waals surface area contributed by atoms with E-state index >= 15 is 0 Å². The van der Waals surface area contributed by atoms with Crippen LogP contribution in [0.15, 0.2) is 60.7 Å². The number of anilines is 1. The number of nitrogens with zero attached hydrogens (tertiary/aromatic N) is 6. The molecule has 3 aliphatic rings. The van der Waals surface area contributed by atoms with Crippen LogP contribution >= 0.6 is 0 Å². The Balaban J connectivity index is 1.24. The zero-order chi connectivity index (χ0) is 45.4. The van der Waals surface area contributed by atoms with Crippen LogP contribution in [0.25, 0.3) is 0 Å². The van der Waals surface area contributed by atoms with Crippen LogP contribution in [0.3, 0.4) is 0 Å². The number of ether oxygens (including phenoxy) is 2. The topological polar surface area (TPSA) is 108 Å². The van der Waals surface area contributed by atoms with Crippen LogP contribution in [0, 0.1) is 5.82 Å². The molecule has 1 aromatic heterocycles. The number of hydrogen-bond donors (Lipinski definition) is 0. The fraction of sp³-hybridized carbons (Fsp3) is 0.583. The highest BCUT2D eigenvalue weighted by molar-refractivity contribution is 6.74. The Morgan fingerprint density at radius 3 is 2.16 bits per heavy atom. The maximum Gasteiger partial charge on any atom is 0.410 e. The molecule has 2 saturated heterocycles. The highest BCUT2D eigenvalue weighted by atomic mass is 28.4. The SMILES string of the molecule is C[C@@H]1CN(C(=O)OCc2ccccc2)CCN1C[C@H]1CN(C(=O)OC(C)(C)C)[C@H](C)CN1CC(=O)N1CC(C)(C)c2nc(O[Si](C)(C)C(C)(C)C)c(Cc3ccc(F)cc3)cc21. The van der Waals surface area contributed by atoms with Crippen LogP contribution in [-0.2, 0) is 32.7 Å². The number of amides is 3. The number of piperazine rings is 2. The van der Waals surface area contributed by atoms with Crippen molar-refractivity contribution < 1.29 is 32.7 Å². The molecule has 0 bridgehead atoms. The van der Waals surface area contributed by atoms with E-state index in [0.717, 1.165) is 28.1 Å². The largest absolute Gasteiger partial charge is 0.530 e. The van der Waals surface area contributed by atoms with Gasteiger partial charge in [0.15, 0.2) is 0 Å². The summed E-state index contributed by atoms with van der Waals surface area (Å²) < 4.78 is 32.4. The summed E-state index contributed by atoms with van der Waals surface area (Å²) in [6, 6.07) is 17.8. The average Bonchev–Trinajstić information content (AvgIpc) is 3.44. The lowest BCUT2D eigenvalue weighted by molar-refractivity contribution is -0.121. The van der Waals surface area contributed by atoms with Crippen LogP contribution in [0.5, 0.6) is 5.88 Å². The minimum Gasteiger partial charge on any atom is -0.530 e. The Morgan fingerprint density at radius 2 is 1.53 bits per heavy atom. The number of fused-ring (bicyclic) bond motifs is 1. The average molecular weight is 873 g/mol. The summed E-state index contributed by atoms with van der Waals surface area (Å²) in [5.74, 6) is 0.229. The molecule has 338 valence electrons. The zero-order valence-corrected chi connectivity index (χ0v) is 40.1. The normalized spacial score (nSPS) is 21.1. The molecule has 3 amide bonds. The van der Waals surface area contributed by atoms with E-state index in [1.165, 1.54) is 12.1 Å². The molecule has 12 nitrogen and oxygen atoms in total. The van der Waals surface area contributed by atoms with Gasteiger partial charge in [-0.05, 0) is 82.1 Å². The molecule has 3 atom stereocenters. The molecule has 0 saturated carbocycles. The van der Waals surface area contributed by atoms with Gasteiger partial charge in [-0.15, -0.1) is 0 Å². The number of carbonyl (C=O) groups is 3. The summed E-state index contributed by atoms with van der Waals surface area (Å²) in [6.45, 7) is 28.8. The van der Waals surface area contributed by atoms with Crippen molar-refractivity contribution in [3.8, 4) is 5.88 Å².